The Bertz CT molecular complexity index is 810. The van der Waals surface area contributed by atoms with Crippen LogP contribution >= 0.6 is 0 Å². The molecule has 0 bridgehead atoms. The van der Waals surface area contributed by atoms with Crippen molar-refractivity contribution >= 4 is 0 Å². The fraction of sp³-hybridized carbons (Fsp3) is 0.158. The van der Waals surface area contributed by atoms with Gasteiger partial charge in [-0.1, -0.05) is 30.3 Å². The van der Waals surface area contributed by atoms with Gasteiger partial charge >= 0.3 is 0 Å². The smallest absolute Gasteiger partial charge is 0.203 e. The van der Waals surface area contributed by atoms with E-state index in [2.05, 4.69) is 9.97 Å². The van der Waals surface area contributed by atoms with Crippen LogP contribution in [0.1, 0.15) is 0 Å². The van der Waals surface area contributed by atoms with Crippen molar-refractivity contribution in [2.45, 2.75) is 0 Å². The first-order valence-electron chi connectivity index (χ1n) is 7.45. The van der Waals surface area contributed by atoms with Crippen molar-refractivity contribution < 1.29 is 14.2 Å². The van der Waals surface area contributed by atoms with E-state index in [1.54, 1.807) is 27.5 Å². The lowest BCUT2D eigenvalue weighted by atomic mass is 10.1. The van der Waals surface area contributed by atoms with Gasteiger partial charge in [-0.25, -0.2) is 9.97 Å². The summed E-state index contributed by atoms with van der Waals surface area (Å²) in [5.41, 5.74) is 2.61. The minimum Gasteiger partial charge on any atom is -0.493 e. The van der Waals surface area contributed by atoms with Gasteiger partial charge in [-0.3, -0.25) is 0 Å². The van der Waals surface area contributed by atoms with Gasteiger partial charge < -0.3 is 14.2 Å². The molecule has 2 aromatic carbocycles. The van der Waals surface area contributed by atoms with Gasteiger partial charge in [-0.05, 0) is 18.2 Å². The first-order valence-corrected chi connectivity index (χ1v) is 7.45. The highest BCUT2D eigenvalue weighted by Crippen LogP contribution is 2.40. The summed E-state index contributed by atoms with van der Waals surface area (Å²) in [5.74, 6) is 2.40. The van der Waals surface area contributed by atoms with Gasteiger partial charge in [0.25, 0.3) is 0 Å². The van der Waals surface area contributed by atoms with Crippen LogP contribution in [0.5, 0.6) is 17.2 Å². The van der Waals surface area contributed by atoms with E-state index in [1.807, 2.05) is 48.5 Å². The van der Waals surface area contributed by atoms with E-state index in [-0.39, 0.29) is 0 Å². The molecule has 1 heterocycles. The summed E-state index contributed by atoms with van der Waals surface area (Å²) in [6.45, 7) is 0. The molecule has 0 radical (unpaired) electrons. The highest BCUT2D eigenvalue weighted by atomic mass is 16.5. The fourth-order valence-corrected chi connectivity index (χ4v) is 2.47. The third-order valence-corrected chi connectivity index (χ3v) is 3.65. The van der Waals surface area contributed by atoms with Crippen molar-refractivity contribution in [1.29, 1.82) is 0 Å². The predicted molar refractivity (Wildman–Crippen MR) is 92.6 cm³/mol. The quantitative estimate of drug-likeness (QED) is 0.714. The van der Waals surface area contributed by atoms with Crippen LogP contribution in [-0.2, 0) is 0 Å². The van der Waals surface area contributed by atoms with Gasteiger partial charge in [-0.15, -0.1) is 0 Å². The number of rotatable bonds is 5. The van der Waals surface area contributed by atoms with E-state index in [0.717, 1.165) is 16.8 Å². The Hall–Kier alpha value is -3.08. The van der Waals surface area contributed by atoms with Crippen LogP contribution in [0.15, 0.2) is 54.7 Å². The van der Waals surface area contributed by atoms with E-state index < -0.39 is 0 Å². The van der Waals surface area contributed by atoms with Crippen molar-refractivity contribution in [2.24, 2.45) is 0 Å². The molecule has 0 amide bonds. The standard InChI is InChI=1S/C19H18N2O3/c1-22-16-11-14(12-17(23-2)18(16)24-3)15-9-10-20-19(21-15)13-7-5-4-6-8-13/h4-12H,1-3H3. The Morgan fingerprint density at radius 1 is 0.750 bits per heavy atom. The number of nitrogens with zero attached hydrogens (tertiary/aromatic N) is 2. The second-order valence-electron chi connectivity index (χ2n) is 5.05. The molecule has 3 aromatic rings. The lowest BCUT2D eigenvalue weighted by Crippen LogP contribution is -1.97. The maximum atomic E-state index is 5.41. The van der Waals surface area contributed by atoms with Crippen LogP contribution < -0.4 is 14.2 Å². The SMILES string of the molecule is COc1cc(-c2ccnc(-c3ccccc3)n2)cc(OC)c1OC. The average Bonchev–Trinajstić information content (AvgIpc) is 2.67. The van der Waals surface area contributed by atoms with Gasteiger partial charge in [0.15, 0.2) is 17.3 Å². The van der Waals surface area contributed by atoms with Gasteiger partial charge in [0, 0.05) is 17.3 Å². The second-order valence-corrected chi connectivity index (χ2v) is 5.05. The number of methoxy groups -OCH3 is 3. The Kier molecular flexibility index (Phi) is 4.61. The summed E-state index contributed by atoms with van der Waals surface area (Å²) in [4.78, 5) is 9.01. The van der Waals surface area contributed by atoms with E-state index in [9.17, 15) is 0 Å². The third-order valence-electron chi connectivity index (χ3n) is 3.65. The molecule has 0 aliphatic rings. The molecule has 0 fully saturated rings. The molecule has 0 atom stereocenters. The van der Waals surface area contributed by atoms with Crippen LogP contribution in [0.3, 0.4) is 0 Å². The minimum absolute atomic E-state index is 0.557. The van der Waals surface area contributed by atoms with Gasteiger partial charge in [-0.2, -0.15) is 0 Å². The molecule has 5 nitrogen and oxygen atoms in total. The van der Waals surface area contributed by atoms with E-state index in [0.29, 0.717) is 23.1 Å². The Balaban J connectivity index is 2.09. The zero-order chi connectivity index (χ0) is 16.9. The van der Waals surface area contributed by atoms with Gasteiger partial charge in [0.05, 0.1) is 27.0 Å². The highest BCUT2D eigenvalue weighted by molar-refractivity contribution is 5.70. The fourth-order valence-electron chi connectivity index (χ4n) is 2.47. The van der Waals surface area contributed by atoms with Crippen molar-refractivity contribution in [1.82, 2.24) is 9.97 Å². The van der Waals surface area contributed by atoms with Crippen molar-refractivity contribution in [3.8, 4) is 39.9 Å². The highest BCUT2D eigenvalue weighted by Gasteiger charge is 2.15. The number of aromatic nitrogens is 2. The molecule has 0 aliphatic heterocycles. The molecule has 0 unspecified atom stereocenters. The molecule has 5 heteroatoms. The molecule has 0 saturated carbocycles. The molecule has 0 aliphatic carbocycles. The summed E-state index contributed by atoms with van der Waals surface area (Å²) in [6.07, 6.45) is 1.74. The van der Waals surface area contributed by atoms with Crippen LogP contribution in [-0.4, -0.2) is 31.3 Å². The van der Waals surface area contributed by atoms with Crippen molar-refractivity contribution in [3.63, 3.8) is 0 Å². The maximum absolute atomic E-state index is 5.41. The molecular formula is C19H18N2O3. The van der Waals surface area contributed by atoms with Crippen molar-refractivity contribution in [2.75, 3.05) is 21.3 Å². The van der Waals surface area contributed by atoms with Gasteiger partial charge in [0.1, 0.15) is 0 Å². The molecule has 0 saturated heterocycles. The maximum Gasteiger partial charge on any atom is 0.203 e. The molecule has 0 N–H and O–H groups in total. The molecule has 0 spiro atoms. The Morgan fingerprint density at radius 3 is 2.00 bits per heavy atom. The monoisotopic (exact) mass is 322 g/mol. The summed E-state index contributed by atoms with van der Waals surface area (Å²) in [7, 11) is 4.77. The summed E-state index contributed by atoms with van der Waals surface area (Å²) in [5, 5.41) is 0. The normalized spacial score (nSPS) is 10.3. The summed E-state index contributed by atoms with van der Waals surface area (Å²) < 4.78 is 16.2. The Labute approximate surface area is 140 Å². The lowest BCUT2D eigenvalue weighted by molar-refractivity contribution is 0.324. The molecular weight excluding hydrogens is 304 g/mol. The predicted octanol–water partition coefficient (Wildman–Crippen LogP) is 3.84. The minimum atomic E-state index is 0.557. The largest absolute Gasteiger partial charge is 0.493 e. The molecule has 3 rings (SSSR count). The number of hydrogen-bond donors (Lipinski definition) is 0. The molecule has 24 heavy (non-hydrogen) atoms. The number of ether oxygens (including phenoxy) is 3. The van der Waals surface area contributed by atoms with Crippen LogP contribution in [0.2, 0.25) is 0 Å². The van der Waals surface area contributed by atoms with Crippen LogP contribution in [0.4, 0.5) is 0 Å². The average molecular weight is 322 g/mol. The summed E-state index contributed by atoms with van der Waals surface area (Å²) in [6, 6.07) is 15.5. The molecule has 1 aromatic heterocycles. The van der Waals surface area contributed by atoms with Crippen LogP contribution in [0.25, 0.3) is 22.6 Å². The Morgan fingerprint density at radius 2 is 1.42 bits per heavy atom. The first kappa shape index (κ1) is 15.8. The summed E-state index contributed by atoms with van der Waals surface area (Å²) >= 11 is 0. The molecule has 122 valence electrons. The van der Waals surface area contributed by atoms with E-state index in [4.69, 9.17) is 14.2 Å². The van der Waals surface area contributed by atoms with E-state index in [1.165, 1.54) is 0 Å². The lowest BCUT2D eigenvalue weighted by Gasteiger charge is -2.14. The second kappa shape index (κ2) is 7.00. The van der Waals surface area contributed by atoms with E-state index >= 15 is 0 Å². The topological polar surface area (TPSA) is 53.5 Å². The zero-order valence-electron chi connectivity index (χ0n) is 13.8. The first-order chi connectivity index (χ1) is 11.8. The van der Waals surface area contributed by atoms with Gasteiger partial charge in [0.2, 0.25) is 5.75 Å². The van der Waals surface area contributed by atoms with Crippen LogP contribution in [0, 0.1) is 0 Å². The van der Waals surface area contributed by atoms with Crippen molar-refractivity contribution in [3.05, 3.63) is 54.7 Å². The third kappa shape index (κ3) is 3.01. The zero-order valence-corrected chi connectivity index (χ0v) is 13.8. The number of hydrogen-bond acceptors (Lipinski definition) is 5. The number of benzene rings is 2.